The van der Waals surface area contributed by atoms with E-state index in [0.29, 0.717) is 34.9 Å². The zero-order valence-corrected chi connectivity index (χ0v) is 26.1. The first-order valence-electron chi connectivity index (χ1n) is 15.5. The van der Waals surface area contributed by atoms with Crippen LogP contribution in [0.5, 0.6) is 11.5 Å². The number of oxazole rings is 1. The lowest BCUT2D eigenvalue weighted by Gasteiger charge is -2.37. The van der Waals surface area contributed by atoms with Crippen LogP contribution >= 0.6 is 0 Å². The summed E-state index contributed by atoms with van der Waals surface area (Å²) in [5.74, 6) is -4.61. The van der Waals surface area contributed by atoms with E-state index in [9.17, 15) is 29.7 Å². The molecule has 1 aliphatic rings. The Morgan fingerprint density at radius 3 is 2.44 bits per heavy atom. The summed E-state index contributed by atoms with van der Waals surface area (Å²) in [4.78, 5) is 43.6. The van der Waals surface area contributed by atoms with Crippen LogP contribution in [0.1, 0.15) is 42.7 Å². The summed E-state index contributed by atoms with van der Waals surface area (Å²) in [7, 11) is 0. The van der Waals surface area contributed by atoms with Crippen LogP contribution in [0.2, 0.25) is 0 Å². The number of aromatic nitrogens is 1. The van der Waals surface area contributed by atoms with E-state index in [-0.39, 0.29) is 13.3 Å². The van der Waals surface area contributed by atoms with Crippen LogP contribution in [-0.4, -0.2) is 62.0 Å². The van der Waals surface area contributed by atoms with E-state index in [1.165, 1.54) is 4.90 Å². The van der Waals surface area contributed by atoms with Gasteiger partial charge in [0.1, 0.15) is 17.5 Å². The molecule has 1 aliphatic heterocycles. The number of hydrogen-bond acceptors (Lipinski definition) is 8. The number of aliphatic carboxylic acids is 2. The van der Waals surface area contributed by atoms with Gasteiger partial charge in [-0.05, 0) is 71.7 Å². The molecule has 1 aromatic heterocycles. The standard InChI is InChI=1S/C37H34N2O9/c1-22(27(26-15-16-31-32(18-26)47-21-46-31)9-6-12-33-38-29-10-4-5-11-30(29)48-33)39(36(43)35(42)28(37(44)45)19-34(40)41)20-23-13-14-24-7-2-3-8-25(24)17-23/h2-8,10-18,22,27-28,35,42H,9,19-21H2,1H3,(H,40,41)(H,44,45)/t22-,27+,28+,35+/m1/s1. The van der Waals surface area contributed by atoms with Gasteiger partial charge in [-0.2, -0.15) is 0 Å². The lowest BCUT2D eigenvalue weighted by molar-refractivity contribution is -0.160. The molecule has 0 fully saturated rings. The highest BCUT2D eigenvalue weighted by Crippen LogP contribution is 2.38. The number of carboxylic acid groups (broad SMARTS) is 2. The first-order valence-corrected chi connectivity index (χ1v) is 15.5. The largest absolute Gasteiger partial charge is 0.481 e. The predicted molar refractivity (Wildman–Crippen MR) is 176 cm³/mol. The molecule has 6 rings (SSSR count). The molecule has 246 valence electrons. The van der Waals surface area contributed by atoms with Crippen LogP contribution in [-0.2, 0) is 20.9 Å². The molecular formula is C37H34N2O9. The van der Waals surface area contributed by atoms with Crippen LogP contribution in [0.3, 0.4) is 0 Å². The van der Waals surface area contributed by atoms with Crippen molar-refractivity contribution >= 4 is 45.8 Å². The van der Waals surface area contributed by atoms with Crippen molar-refractivity contribution in [2.24, 2.45) is 5.92 Å². The highest BCUT2D eigenvalue weighted by atomic mass is 16.7. The Morgan fingerprint density at radius 1 is 0.917 bits per heavy atom. The predicted octanol–water partition coefficient (Wildman–Crippen LogP) is 5.85. The van der Waals surface area contributed by atoms with E-state index < -0.39 is 48.2 Å². The van der Waals surface area contributed by atoms with Gasteiger partial charge in [-0.15, -0.1) is 0 Å². The quantitative estimate of drug-likeness (QED) is 0.141. The first-order chi connectivity index (χ1) is 23.2. The normalized spacial score (nSPS) is 15.0. The maximum atomic E-state index is 14.1. The Bertz CT molecular complexity index is 1970. The van der Waals surface area contributed by atoms with Gasteiger partial charge in [-0.1, -0.05) is 60.7 Å². The fourth-order valence-electron chi connectivity index (χ4n) is 6.07. The second kappa shape index (κ2) is 14.0. The monoisotopic (exact) mass is 650 g/mol. The third kappa shape index (κ3) is 7.01. The molecular weight excluding hydrogens is 616 g/mol. The van der Waals surface area contributed by atoms with Crippen molar-refractivity contribution in [3.63, 3.8) is 0 Å². The van der Waals surface area contributed by atoms with Crippen molar-refractivity contribution in [3.05, 3.63) is 108 Å². The fourth-order valence-corrected chi connectivity index (χ4v) is 6.07. The minimum absolute atomic E-state index is 0.0250. The SMILES string of the molecule is C[C@H]([C@H](CC=Cc1nc2ccccc2o1)c1ccc2c(c1)OCO2)N(Cc1ccc2ccccc2c1)C(=O)[C@@H](O)[C@H](CC(=O)O)C(=O)O. The van der Waals surface area contributed by atoms with Crippen molar-refractivity contribution in [1.29, 1.82) is 0 Å². The number of aliphatic hydroxyl groups is 1. The van der Waals surface area contributed by atoms with Gasteiger partial charge in [0, 0.05) is 18.5 Å². The molecule has 11 nitrogen and oxygen atoms in total. The summed E-state index contributed by atoms with van der Waals surface area (Å²) in [5, 5.41) is 32.2. The molecule has 48 heavy (non-hydrogen) atoms. The Labute approximate surface area is 275 Å². The number of benzene rings is 4. The number of para-hydroxylation sites is 2. The van der Waals surface area contributed by atoms with Gasteiger partial charge in [0.2, 0.25) is 12.7 Å². The molecule has 0 radical (unpaired) electrons. The number of nitrogens with zero attached hydrogens (tertiary/aromatic N) is 2. The minimum atomic E-state index is -2.10. The van der Waals surface area contributed by atoms with E-state index in [1.807, 2.05) is 91.9 Å². The lowest BCUT2D eigenvalue weighted by Crippen LogP contribution is -2.50. The number of carboxylic acids is 2. The van der Waals surface area contributed by atoms with Crippen molar-refractivity contribution in [2.75, 3.05) is 6.79 Å². The minimum Gasteiger partial charge on any atom is -0.481 e. The number of hydrogen-bond donors (Lipinski definition) is 3. The number of allylic oxidation sites excluding steroid dienone is 1. The second-order valence-corrected chi connectivity index (χ2v) is 11.8. The van der Waals surface area contributed by atoms with Crippen LogP contribution < -0.4 is 9.47 Å². The van der Waals surface area contributed by atoms with Crippen LogP contribution in [0.4, 0.5) is 0 Å². The molecule has 5 aromatic rings. The molecule has 0 spiro atoms. The number of amides is 1. The third-order valence-corrected chi connectivity index (χ3v) is 8.66. The zero-order valence-electron chi connectivity index (χ0n) is 26.1. The fraction of sp³-hybridized carbons (Fsp3) is 0.243. The van der Waals surface area contributed by atoms with Crippen LogP contribution in [0, 0.1) is 5.92 Å². The average Bonchev–Trinajstić information content (AvgIpc) is 3.73. The van der Waals surface area contributed by atoms with Crippen molar-refractivity contribution in [3.8, 4) is 11.5 Å². The van der Waals surface area contributed by atoms with Crippen LogP contribution in [0.25, 0.3) is 27.9 Å². The summed E-state index contributed by atoms with van der Waals surface area (Å²) < 4.78 is 17.0. The maximum absolute atomic E-state index is 14.1. The highest BCUT2D eigenvalue weighted by Gasteiger charge is 2.39. The third-order valence-electron chi connectivity index (χ3n) is 8.66. The molecule has 2 heterocycles. The van der Waals surface area contributed by atoms with Crippen LogP contribution in [0.15, 0.2) is 95.4 Å². The van der Waals surface area contributed by atoms with E-state index >= 15 is 0 Å². The molecule has 1 amide bonds. The first kappa shape index (κ1) is 32.3. The molecule has 4 aromatic carbocycles. The number of carbonyl (C=O) groups is 3. The summed E-state index contributed by atoms with van der Waals surface area (Å²) in [6, 6.07) is 25.8. The molecule has 11 heteroatoms. The topological polar surface area (TPSA) is 160 Å². The summed E-state index contributed by atoms with van der Waals surface area (Å²) in [6.45, 7) is 1.92. The molecule has 3 N–H and O–H groups in total. The molecule has 4 atom stereocenters. The van der Waals surface area contributed by atoms with Crippen molar-refractivity contribution < 1.29 is 43.6 Å². The van der Waals surface area contributed by atoms with Crippen molar-refractivity contribution in [1.82, 2.24) is 9.88 Å². The lowest BCUT2D eigenvalue weighted by atomic mass is 9.86. The Hall–Kier alpha value is -5.68. The van der Waals surface area contributed by atoms with Gasteiger partial charge < -0.3 is 34.1 Å². The molecule has 0 bridgehead atoms. The van der Waals surface area contributed by atoms with Gasteiger partial charge in [0.15, 0.2) is 17.1 Å². The number of aliphatic hydroxyl groups excluding tert-OH is 1. The van der Waals surface area contributed by atoms with Gasteiger partial charge in [-0.25, -0.2) is 4.98 Å². The van der Waals surface area contributed by atoms with E-state index in [2.05, 4.69) is 4.98 Å². The second-order valence-electron chi connectivity index (χ2n) is 11.8. The van der Waals surface area contributed by atoms with E-state index in [1.54, 1.807) is 12.1 Å². The zero-order chi connectivity index (χ0) is 33.8. The number of rotatable bonds is 13. The van der Waals surface area contributed by atoms with Crippen molar-refractivity contribution in [2.45, 2.75) is 44.4 Å². The van der Waals surface area contributed by atoms with Gasteiger partial charge in [0.25, 0.3) is 5.91 Å². The van der Waals surface area contributed by atoms with E-state index in [0.717, 1.165) is 21.9 Å². The van der Waals surface area contributed by atoms with Gasteiger partial charge in [-0.3, -0.25) is 14.4 Å². The molecule has 0 saturated heterocycles. The van der Waals surface area contributed by atoms with E-state index in [4.69, 9.17) is 13.9 Å². The summed E-state index contributed by atoms with van der Waals surface area (Å²) in [6.07, 6.45) is 1.00. The maximum Gasteiger partial charge on any atom is 0.310 e. The Balaban J connectivity index is 1.37. The molecule has 0 aliphatic carbocycles. The summed E-state index contributed by atoms with van der Waals surface area (Å²) >= 11 is 0. The average molecular weight is 651 g/mol. The van der Waals surface area contributed by atoms with Gasteiger partial charge in [0.05, 0.1) is 6.42 Å². The number of ether oxygens (including phenoxy) is 2. The summed E-state index contributed by atoms with van der Waals surface area (Å²) in [5.41, 5.74) is 2.92. The Morgan fingerprint density at radius 2 is 1.67 bits per heavy atom. The molecule has 0 saturated carbocycles. The smallest absolute Gasteiger partial charge is 0.310 e. The Kier molecular flexibility index (Phi) is 9.40. The number of carbonyl (C=O) groups excluding carboxylic acids is 1. The van der Waals surface area contributed by atoms with Gasteiger partial charge >= 0.3 is 11.9 Å². The number of fused-ring (bicyclic) bond motifs is 3. The molecule has 0 unspecified atom stereocenters. The highest BCUT2D eigenvalue weighted by molar-refractivity contribution is 5.89.